The van der Waals surface area contributed by atoms with Gasteiger partial charge in [-0.3, -0.25) is 0 Å². The van der Waals surface area contributed by atoms with E-state index in [1.165, 1.54) is 23.1 Å². The zero-order valence-electron chi connectivity index (χ0n) is 14.0. The molecule has 0 spiro atoms. The minimum atomic E-state index is -4.80. The molecule has 0 heterocycles. The van der Waals surface area contributed by atoms with E-state index in [4.69, 9.17) is 4.74 Å². The first-order valence-electron chi connectivity index (χ1n) is 7.43. The fourth-order valence-electron chi connectivity index (χ4n) is 1.93. The Morgan fingerprint density at radius 3 is 2.38 bits per heavy atom. The molecule has 0 fully saturated rings. The van der Waals surface area contributed by atoms with Crippen LogP contribution < -0.4 is 4.74 Å². The van der Waals surface area contributed by atoms with Crippen LogP contribution in [-0.2, 0) is 11.3 Å². The van der Waals surface area contributed by atoms with Crippen molar-refractivity contribution in [2.45, 2.75) is 52.6 Å². The molecule has 0 aliphatic heterocycles. The quantitative estimate of drug-likeness (QED) is 0.642. The van der Waals surface area contributed by atoms with Crippen LogP contribution in [-0.4, -0.2) is 29.5 Å². The standard InChI is InChI=1S/C16H21BrF3NO3/c1-5-8-21(14(22)24-15(2,3)4)10-11-9-12(17)6-7-13(11)23-16(18,19)20/h6-7,9H,5,8,10H2,1-4H3. The molecule has 8 heteroatoms. The van der Waals surface area contributed by atoms with Crippen LogP contribution in [0.15, 0.2) is 22.7 Å². The van der Waals surface area contributed by atoms with E-state index in [9.17, 15) is 18.0 Å². The summed E-state index contributed by atoms with van der Waals surface area (Å²) >= 11 is 3.22. The van der Waals surface area contributed by atoms with Crippen molar-refractivity contribution in [3.8, 4) is 5.75 Å². The van der Waals surface area contributed by atoms with Crippen molar-refractivity contribution in [3.05, 3.63) is 28.2 Å². The second-order valence-corrected chi connectivity index (χ2v) is 7.12. The highest BCUT2D eigenvalue weighted by atomic mass is 79.9. The summed E-state index contributed by atoms with van der Waals surface area (Å²) in [6.45, 7) is 7.36. The van der Waals surface area contributed by atoms with Gasteiger partial charge in [-0.1, -0.05) is 22.9 Å². The zero-order valence-corrected chi connectivity index (χ0v) is 15.6. The summed E-state index contributed by atoms with van der Waals surface area (Å²) in [5, 5.41) is 0. The number of alkyl halides is 3. The van der Waals surface area contributed by atoms with Crippen molar-refractivity contribution in [3.63, 3.8) is 0 Å². The van der Waals surface area contributed by atoms with Crippen molar-refractivity contribution >= 4 is 22.0 Å². The van der Waals surface area contributed by atoms with Gasteiger partial charge in [0, 0.05) is 16.6 Å². The third kappa shape index (κ3) is 7.42. The molecule has 1 aromatic rings. The van der Waals surface area contributed by atoms with Crippen LogP contribution in [0, 0.1) is 0 Å². The number of amides is 1. The topological polar surface area (TPSA) is 38.8 Å². The molecule has 0 bridgehead atoms. The van der Waals surface area contributed by atoms with Gasteiger partial charge in [0.15, 0.2) is 0 Å². The van der Waals surface area contributed by atoms with Gasteiger partial charge < -0.3 is 14.4 Å². The summed E-state index contributed by atoms with van der Waals surface area (Å²) in [6.07, 6.45) is -4.74. The Morgan fingerprint density at radius 2 is 1.88 bits per heavy atom. The third-order valence-corrected chi connectivity index (χ3v) is 3.25. The number of ether oxygens (including phenoxy) is 2. The van der Waals surface area contributed by atoms with E-state index in [1.807, 2.05) is 6.92 Å². The van der Waals surface area contributed by atoms with Crippen molar-refractivity contribution in [2.24, 2.45) is 0 Å². The number of nitrogens with zero attached hydrogens (tertiary/aromatic N) is 1. The summed E-state index contributed by atoms with van der Waals surface area (Å²) < 4.78 is 47.6. The number of hydrogen-bond donors (Lipinski definition) is 0. The number of carbonyl (C=O) groups is 1. The molecule has 0 aliphatic carbocycles. The molecule has 0 atom stereocenters. The minimum Gasteiger partial charge on any atom is -0.444 e. The zero-order chi connectivity index (χ0) is 18.5. The lowest BCUT2D eigenvalue weighted by atomic mass is 10.2. The Hall–Kier alpha value is -1.44. The molecular weight excluding hydrogens is 391 g/mol. The Labute approximate surface area is 148 Å². The SMILES string of the molecule is CCCN(Cc1cc(Br)ccc1OC(F)(F)F)C(=O)OC(C)(C)C. The normalized spacial score (nSPS) is 12.0. The van der Waals surface area contributed by atoms with Crippen LogP contribution >= 0.6 is 15.9 Å². The molecule has 0 radical (unpaired) electrons. The number of rotatable bonds is 5. The summed E-state index contributed by atoms with van der Waals surface area (Å²) in [5.74, 6) is -0.338. The predicted octanol–water partition coefficient (Wildman–Crippen LogP) is 5.49. The Balaban J connectivity index is 3.05. The van der Waals surface area contributed by atoms with E-state index in [0.29, 0.717) is 17.4 Å². The van der Waals surface area contributed by atoms with Crippen LogP contribution in [0.25, 0.3) is 0 Å². The van der Waals surface area contributed by atoms with Gasteiger partial charge in [-0.05, 0) is 45.4 Å². The van der Waals surface area contributed by atoms with Crippen LogP contribution in [0.5, 0.6) is 5.75 Å². The van der Waals surface area contributed by atoms with E-state index < -0.39 is 18.1 Å². The summed E-state index contributed by atoms with van der Waals surface area (Å²) in [5.41, 5.74) is -0.452. The van der Waals surface area contributed by atoms with Crippen molar-refractivity contribution < 1.29 is 27.4 Å². The molecule has 24 heavy (non-hydrogen) atoms. The third-order valence-electron chi connectivity index (χ3n) is 2.75. The van der Waals surface area contributed by atoms with Gasteiger partial charge in [-0.25, -0.2) is 4.79 Å². The summed E-state index contributed by atoms with van der Waals surface area (Å²) in [7, 11) is 0. The fourth-order valence-corrected chi connectivity index (χ4v) is 2.34. The van der Waals surface area contributed by atoms with Gasteiger partial charge in [0.2, 0.25) is 0 Å². The van der Waals surface area contributed by atoms with Crippen LogP contribution in [0.4, 0.5) is 18.0 Å². The lowest BCUT2D eigenvalue weighted by molar-refractivity contribution is -0.275. The van der Waals surface area contributed by atoms with Crippen LogP contribution in [0.1, 0.15) is 39.7 Å². The Kier molecular flexibility index (Phi) is 6.95. The molecule has 4 nitrogen and oxygen atoms in total. The molecule has 0 saturated carbocycles. The predicted molar refractivity (Wildman–Crippen MR) is 87.8 cm³/mol. The monoisotopic (exact) mass is 411 g/mol. The molecule has 136 valence electrons. The Bertz CT molecular complexity index is 571. The smallest absolute Gasteiger partial charge is 0.444 e. The molecule has 1 aromatic carbocycles. The maximum Gasteiger partial charge on any atom is 0.573 e. The number of hydrogen-bond acceptors (Lipinski definition) is 3. The average Bonchev–Trinajstić information content (AvgIpc) is 2.38. The molecule has 0 aromatic heterocycles. The molecule has 1 rings (SSSR count). The molecule has 0 aliphatic rings. The highest BCUT2D eigenvalue weighted by Crippen LogP contribution is 2.30. The first-order chi connectivity index (χ1) is 10.9. The maximum atomic E-state index is 12.5. The largest absolute Gasteiger partial charge is 0.573 e. The Morgan fingerprint density at radius 1 is 1.25 bits per heavy atom. The average molecular weight is 412 g/mol. The fraction of sp³-hybridized carbons (Fsp3) is 0.562. The molecular formula is C16H21BrF3NO3. The van der Waals surface area contributed by atoms with Gasteiger partial charge in [-0.2, -0.15) is 0 Å². The van der Waals surface area contributed by atoms with E-state index in [-0.39, 0.29) is 17.9 Å². The van der Waals surface area contributed by atoms with Crippen molar-refractivity contribution in [1.29, 1.82) is 0 Å². The highest BCUT2D eigenvalue weighted by molar-refractivity contribution is 9.10. The number of benzene rings is 1. The van der Waals surface area contributed by atoms with Crippen LogP contribution in [0.3, 0.4) is 0 Å². The molecule has 0 unspecified atom stereocenters. The molecule has 0 N–H and O–H groups in total. The first-order valence-corrected chi connectivity index (χ1v) is 8.22. The summed E-state index contributed by atoms with van der Waals surface area (Å²) in [4.78, 5) is 13.6. The van der Waals surface area contributed by atoms with E-state index in [0.717, 1.165) is 0 Å². The van der Waals surface area contributed by atoms with Crippen molar-refractivity contribution in [2.75, 3.05) is 6.54 Å². The van der Waals surface area contributed by atoms with Gasteiger partial charge in [0.25, 0.3) is 0 Å². The lowest BCUT2D eigenvalue weighted by Gasteiger charge is -2.28. The summed E-state index contributed by atoms with van der Waals surface area (Å²) in [6, 6.07) is 4.16. The molecule has 1 amide bonds. The van der Waals surface area contributed by atoms with E-state index >= 15 is 0 Å². The lowest BCUT2D eigenvalue weighted by Crippen LogP contribution is -2.37. The van der Waals surface area contributed by atoms with Gasteiger partial charge in [0.05, 0.1) is 6.54 Å². The van der Waals surface area contributed by atoms with Crippen LogP contribution in [0.2, 0.25) is 0 Å². The number of carbonyl (C=O) groups excluding carboxylic acids is 1. The first kappa shape index (κ1) is 20.6. The molecule has 0 saturated heterocycles. The van der Waals surface area contributed by atoms with Crippen molar-refractivity contribution in [1.82, 2.24) is 4.90 Å². The minimum absolute atomic E-state index is 0.0480. The van der Waals surface area contributed by atoms with E-state index in [2.05, 4.69) is 20.7 Å². The van der Waals surface area contributed by atoms with Gasteiger partial charge in [0.1, 0.15) is 11.4 Å². The second-order valence-electron chi connectivity index (χ2n) is 6.20. The van der Waals surface area contributed by atoms with Gasteiger partial charge >= 0.3 is 12.5 Å². The second kappa shape index (κ2) is 8.09. The highest BCUT2D eigenvalue weighted by Gasteiger charge is 2.32. The number of halogens is 4. The maximum absolute atomic E-state index is 12.5. The van der Waals surface area contributed by atoms with Gasteiger partial charge in [-0.15, -0.1) is 13.2 Å². The van der Waals surface area contributed by atoms with E-state index in [1.54, 1.807) is 20.8 Å².